The number of hydrogen-bond donors (Lipinski definition) is 0. The molecule has 0 saturated heterocycles. The molecule has 9 heterocycles. The fraction of sp³-hybridized carbons (Fsp3) is 0. The van der Waals surface area contributed by atoms with E-state index in [1.165, 1.54) is 0 Å². The van der Waals surface area contributed by atoms with Gasteiger partial charge in [0.25, 0.3) is 0 Å². The fourth-order valence-electron chi connectivity index (χ4n) is 20.5. The highest BCUT2D eigenvalue weighted by molar-refractivity contribution is 6.23. The number of pyridine rings is 3. The van der Waals surface area contributed by atoms with E-state index < -0.39 is 0 Å². The average Bonchev–Trinajstić information content (AvgIpc) is 1.53. The molecule has 0 unspecified atom stereocenters. The molecular weight excluding hydrogens is 1830 g/mol. The summed E-state index contributed by atoms with van der Waals surface area (Å²) in [5.74, 6) is 5.67. The van der Waals surface area contributed by atoms with E-state index in [1.807, 2.05) is 249 Å². The highest BCUT2D eigenvalue weighted by Crippen LogP contribution is 2.50. The summed E-state index contributed by atoms with van der Waals surface area (Å²) in [6.45, 7) is 0. The minimum Gasteiger partial charge on any atom is -0.455 e. The van der Waals surface area contributed by atoms with Crippen molar-refractivity contribution in [2.75, 3.05) is 0 Å². The van der Waals surface area contributed by atoms with Crippen LogP contribution in [0, 0.1) is 0 Å². The van der Waals surface area contributed by atoms with Crippen LogP contribution in [0.4, 0.5) is 0 Å². The number of hydrogen-bond acceptors (Lipinski definition) is 15. The second-order valence-electron chi connectivity index (χ2n) is 36.7. The zero-order valence-corrected chi connectivity index (χ0v) is 79.9. The minimum atomic E-state index is 0.614. The molecule has 0 aliphatic heterocycles. The van der Waals surface area contributed by atoms with Crippen molar-refractivity contribution in [3.63, 3.8) is 0 Å². The van der Waals surface area contributed by atoms with Gasteiger partial charge >= 0.3 is 0 Å². The molecule has 0 aliphatic carbocycles. The van der Waals surface area contributed by atoms with Crippen LogP contribution < -0.4 is 0 Å². The molecule has 29 rings (SSSR count). The fourth-order valence-corrected chi connectivity index (χ4v) is 20.5. The Morgan fingerprint density at radius 2 is 0.450 bits per heavy atom. The molecule has 0 amide bonds. The molecule has 15 nitrogen and oxygen atoms in total. The van der Waals surface area contributed by atoms with E-state index in [4.69, 9.17) is 68.1 Å². The first kappa shape index (κ1) is 87.6. The standard InChI is InChI=1S/2C46H28N4O.C42H26N4O/c1-4-14-29(15-5-1)39-28-47-42(41-38-26-32-20-10-11-21-33(32)27-40(38)51-43(39)41)36-24-25-37(35-23-13-12-22-34(35)36)46-49-44(30-16-6-2-7-17-30)48-45(50-46)31-18-8-3-9-19-31;1-4-13-29(14-5-1)33-22-24-37(42-39-27-32-19-12-26-47-40(32)28-41(39)51-43(33)42)36-23-25-38(35-21-11-10-20-34(35)36)46-49-44(30-15-6-2-7-16-30)48-45(50-46)31-17-8-3-9-18-31;1-4-12-27(13-5-1)34-25-24-33(37-38-36(47-39(34)37)26-32-18-10-11-19-35(32)43-38)28-20-22-31(23-21-28)42-45-40(29-14-6-2-7-15-29)44-41(46-42)30-16-8-3-9-17-30/h2*1-28H;1-26H. The maximum atomic E-state index is 6.76. The number of para-hydroxylation sites is 1. The van der Waals surface area contributed by atoms with Crippen molar-refractivity contribution in [3.05, 3.63) is 498 Å². The number of furan rings is 3. The second kappa shape index (κ2) is 37.8. The third-order valence-corrected chi connectivity index (χ3v) is 27.7. The monoisotopic (exact) mass is 1910 g/mol. The number of rotatable bonds is 15. The van der Waals surface area contributed by atoms with Gasteiger partial charge in [0.2, 0.25) is 0 Å². The Kier molecular flexibility index (Phi) is 22.2. The molecule has 149 heavy (non-hydrogen) atoms. The predicted molar refractivity (Wildman–Crippen MR) is 604 cm³/mol. The van der Waals surface area contributed by atoms with Crippen LogP contribution in [0.2, 0.25) is 0 Å². The summed E-state index contributed by atoms with van der Waals surface area (Å²) < 4.78 is 20.1. The van der Waals surface area contributed by atoms with Gasteiger partial charge in [-0.1, -0.05) is 419 Å². The van der Waals surface area contributed by atoms with Crippen LogP contribution in [0.15, 0.2) is 511 Å². The lowest BCUT2D eigenvalue weighted by Crippen LogP contribution is -2.00. The second-order valence-corrected chi connectivity index (χ2v) is 36.7. The van der Waals surface area contributed by atoms with Crippen LogP contribution in [-0.2, 0) is 0 Å². The quantitative estimate of drug-likeness (QED) is 0.0940. The Labute approximate surface area is 854 Å². The summed E-state index contributed by atoms with van der Waals surface area (Å²) in [5.41, 5.74) is 28.5. The molecule has 20 aromatic carbocycles. The van der Waals surface area contributed by atoms with E-state index in [0.29, 0.717) is 52.4 Å². The van der Waals surface area contributed by atoms with E-state index in [2.05, 4.69) is 254 Å². The summed E-state index contributed by atoms with van der Waals surface area (Å²) in [5, 5.41) is 13.8. The summed E-state index contributed by atoms with van der Waals surface area (Å²) in [7, 11) is 0. The van der Waals surface area contributed by atoms with E-state index in [-0.39, 0.29) is 0 Å². The maximum Gasteiger partial charge on any atom is 0.164 e. The molecule has 0 N–H and O–H groups in total. The van der Waals surface area contributed by atoms with Gasteiger partial charge in [-0.15, -0.1) is 0 Å². The summed E-state index contributed by atoms with van der Waals surface area (Å²) in [4.78, 5) is 59.7. The van der Waals surface area contributed by atoms with Gasteiger partial charge in [0.1, 0.15) is 33.4 Å². The number of benzene rings is 20. The molecule has 0 atom stereocenters. The van der Waals surface area contributed by atoms with E-state index in [9.17, 15) is 0 Å². The lowest BCUT2D eigenvalue weighted by atomic mass is 9.90. The van der Waals surface area contributed by atoms with E-state index in [0.717, 1.165) is 237 Å². The molecule has 696 valence electrons. The number of fused-ring (bicyclic) bond motifs is 14. The molecule has 9 aromatic heterocycles. The normalized spacial score (nSPS) is 11.5. The molecule has 0 bridgehead atoms. The lowest BCUT2D eigenvalue weighted by Gasteiger charge is -2.14. The minimum absolute atomic E-state index is 0.614. The SMILES string of the molecule is c1ccc(-c2nc(-c3ccccc3)nc(-c3ccc(-c4ccc(-c5ccccc5)c5oc6cc7ccccc7nc6c45)cc3)n2)cc1.c1ccc(-c2nc(-c3ccccc3)nc(-c3ccc(-c4ccc(-c5ccccc5)c5oc6cc7ncccc7cc6c45)c4ccccc34)n2)cc1.c1ccc(-c2nc(-c3ccccc3)nc(-c3ccc(-c4ncc(-c5ccccc5)c5oc6cc7ccccc7cc6c45)c4ccccc34)n2)cc1. The van der Waals surface area contributed by atoms with E-state index in [1.54, 1.807) is 0 Å². The zero-order valence-electron chi connectivity index (χ0n) is 79.9. The van der Waals surface area contributed by atoms with Crippen LogP contribution in [-0.4, -0.2) is 59.8 Å². The average molecular weight is 1910 g/mol. The highest BCUT2D eigenvalue weighted by Gasteiger charge is 2.28. The van der Waals surface area contributed by atoms with Gasteiger partial charge in [0.05, 0.1) is 27.5 Å². The van der Waals surface area contributed by atoms with Gasteiger partial charge in [0, 0.05) is 118 Å². The first-order chi connectivity index (χ1) is 73.8. The summed E-state index contributed by atoms with van der Waals surface area (Å²) in [6, 6.07) is 166. The first-order valence-corrected chi connectivity index (χ1v) is 49.5. The molecule has 0 saturated carbocycles. The molecule has 0 radical (unpaired) electrons. The van der Waals surface area contributed by atoms with Gasteiger partial charge in [0.15, 0.2) is 58.0 Å². The van der Waals surface area contributed by atoms with Gasteiger partial charge < -0.3 is 13.3 Å². The smallest absolute Gasteiger partial charge is 0.164 e. The van der Waals surface area contributed by atoms with Gasteiger partial charge in [-0.25, -0.2) is 49.8 Å². The van der Waals surface area contributed by atoms with E-state index >= 15 is 0 Å². The Hall–Kier alpha value is -20.4. The summed E-state index contributed by atoms with van der Waals surface area (Å²) in [6.07, 6.45) is 3.77. The number of nitrogens with zero attached hydrogens (tertiary/aromatic N) is 12. The summed E-state index contributed by atoms with van der Waals surface area (Å²) >= 11 is 0. The van der Waals surface area contributed by atoms with Crippen molar-refractivity contribution >= 4 is 120 Å². The van der Waals surface area contributed by atoms with Gasteiger partial charge in [-0.3, -0.25) is 9.97 Å². The van der Waals surface area contributed by atoms with Crippen molar-refractivity contribution in [3.8, 4) is 169 Å². The van der Waals surface area contributed by atoms with Gasteiger partial charge in [-0.2, -0.15) is 0 Å². The maximum absolute atomic E-state index is 6.76. The predicted octanol–water partition coefficient (Wildman–Crippen LogP) is 34.3. The topological polar surface area (TPSA) is 194 Å². The van der Waals surface area contributed by atoms with Crippen LogP contribution >= 0.6 is 0 Å². The van der Waals surface area contributed by atoms with Crippen molar-refractivity contribution in [1.29, 1.82) is 0 Å². The Bertz CT molecular complexity index is 9620. The Morgan fingerprint density at radius 1 is 0.154 bits per heavy atom. The van der Waals surface area contributed by atoms with Crippen molar-refractivity contribution in [2.45, 2.75) is 0 Å². The molecular formula is C134H82N12O3. The lowest BCUT2D eigenvalue weighted by molar-refractivity contribution is 0.669. The molecule has 0 fully saturated rings. The highest BCUT2D eigenvalue weighted by atomic mass is 16.3. The zero-order chi connectivity index (χ0) is 98.6. The molecule has 0 spiro atoms. The largest absolute Gasteiger partial charge is 0.455 e. The molecule has 0 aliphatic rings. The Balaban J connectivity index is 0.000000110. The first-order valence-electron chi connectivity index (χ1n) is 49.5. The van der Waals surface area contributed by atoms with Crippen molar-refractivity contribution in [2.24, 2.45) is 0 Å². The molecule has 29 aromatic rings. The Morgan fingerprint density at radius 3 is 0.926 bits per heavy atom. The molecule has 15 heteroatoms. The number of aromatic nitrogens is 12. The van der Waals surface area contributed by atoms with Crippen LogP contribution in [0.25, 0.3) is 289 Å². The van der Waals surface area contributed by atoms with Crippen LogP contribution in [0.5, 0.6) is 0 Å². The third kappa shape index (κ3) is 16.5. The van der Waals surface area contributed by atoms with Gasteiger partial charge in [-0.05, 0) is 132 Å². The van der Waals surface area contributed by atoms with Crippen molar-refractivity contribution < 1.29 is 13.3 Å². The third-order valence-electron chi connectivity index (χ3n) is 27.7. The van der Waals surface area contributed by atoms with Crippen molar-refractivity contribution in [1.82, 2.24) is 59.8 Å². The van der Waals surface area contributed by atoms with Crippen LogP contribution in [0.3, 0.4) is 0 Å². The van der Waals surface area contributed by atoms with Crippen LogP contribution in [0.1, 0.15) is 0 Å².